The molecule has 142 valence electrons. The SMILES string of the molecule is CCCCCCCCCCCCCCNC(=O)CCc1ccccc1. The van der Waals surface area contributed by atoms with Crippen LogP contribution in [0.25, 0.3) is 0 Å². The van der Waals surface area contributed by atoms with Gasteiger partial charge in [0.15, 0.2) is 0 Å². The summed E-state index contributed by atoms with van der Waals surface area (Å²) in [5, 5.41) is 3.05. The van der Waals surface area contributed by atoms with Crippen molar-refractivity contribution in [3.8, 4) is 0 Å². The van der Waals surface area contributed by atoms with Crippen molar-refractivity contribution >= 4 is 5.91 Å². The van der Waals surface area contributed by atoms with Gasteiger partial charge in [0, 0.05) is 13.0 Å². The molecule has 0 aliphatic rings. The summed E-state index contributed by atoms with van der Waals surface area (Å²) in [5.74, 6) is 0.187. The maximum absolute atomic E-state index is 11.8. The first-order valence-corrected chi connectivity index (χ1v) is 10.6. The zero-order valence-electron chi connectivity index (χ0n) is 16.4. The average molecular weight is 346 g/mol. The van der Waals surface area contributed by atoms with Crippen LogP contribution in [-0.2, 0) is 11.2 Å². The third kappa shape index (κ3) is 13.6. The zero-order valence-corrected chi connectivity index (χ0v) is 16.4. The highest BCUT2D eigenvalue weighted by Gasteiger charge is 2.01. The van der Waals surface area contributed by atoms with Crippen LogP contribution in [0.4, 0.5) is 0 Å². The van der Waals surface area contributed by atoms with E-state index in [1.165, 1.54) is 76.2 Å². The number of rotatable bonds is 16. The van der Waals surface area contributed by atoms with E-state index >= 15 is 0 Å². The molecule has 0 atom stereocenters. The molecule has 0 aliphatic heterocycles. The highest BCUT2D eigenvalue weighted by molar-refractivity contribution is 5.76. The summed E-state index contributed by atoms with van der Waals surface area (Å²) in [7, 11) is 0. The Morgan fingerprint density at radius 1 is 0.760 bits per heavy atom. The van der Waals surface area contributed by atoms with Gasteiger partial charge >= 0.3 is 0 Å². The van der Waals surface area contributed by atoms with E-state index in [4.69, 9.17) is 0 Å². The molecule has 2 heteroatoms. The van der Waals surface area contributed by atoms with E-state index in [1.54, 1.807) is 0 Å². The second-order valence-corrected chi connectivity index (χ2v) is 7.22. The van der Waals surface area contributed by atoms with Crippen LogP contribution in [0.15, 0.2) is 30.3 Å². The van der Waals surface area contributed by atoms with Gasteiger partial charge in [-0.05, 0) is 18.4 Å². The normalized spacial score (nSPS) is 10.8. The molecule has 0 saturated heterocycles. The van der Waals surface area contributed by atoms with Gasteiger partial charge < -0.3 is 5.32 Å². The van der Waals surface area contributed by atoms with Crippen molar-refractivity contribution in [3.05, 3.63) is 35.9 Å². The molecular weight excluding hydrogens is 306 g/mol. The molecule has 0 saturated carbocycles. The molecule has 25 heavy (non-hydrogen) atoms. The van der Waals surface area contributed by atoms with Crippen molar-refractivity contribution in [1.82, 2.24) is 5.32 Å². The van der Waals surface area contributed by atoms with Gasteiger partial charge in [0.2, 0.25) is 5.91 Å². The number of aryl methyl sites for hydroxylation is 1. The van der Waals surface area contributed by atoms with Gasteiger partial charge in [-0.25, -0.2) is 0 Å². The van der Waals surface area contributed by atoms with Gasteiger partial charge in [-0.1, -0.05) is 108 Å². The highest BCUT2D eigenvalue weighted by atomic mass is 16.1. The molecule has 1 amide bonds. The standard InChI is InChI=1S/C23H39NO/c1-2-3-4-5-6-7-8-9-10-11-12-16-21-24-23(25)20-19-22-17-14-13-15-18-22/h13-15,17-18H,2-12,16,19-21H2,1H3,(H,24,25). The summed E-state index contributed by atoms with van der Waals surface area (Å²) >= 11 is 0. The third-order valence-corrected chi connectivity index (χ3v) is 4.84. The zero-order chi connectivity index (χ0) is 18.0. The number of carbonyl (C=O) groups is 1. The Hall–Kier alpha value is -1.31. The Kier molecular flexibility index (Phi) is 14.1. The van der Waals surface area contributed by atoms with Crippen LogP contribution >= 0.6 is 0 Å². The van der Waals surface area contributed by atoms with Gasteiger partial charge in [0.25, 0.3) is 0 Å². The van der Waals surface area contributed by atoms with Crippen molar-refractivity contribution < 1.29 is 4.79 Å². The summed E-state index contributed by atoms with van der Waals surface area (Å²) < 4.78 is 0. The molecule has 0 aromatic heterocycles. The first kappa shape index (κ1) is 21.7. The van der Waals surface area contributed by atoms with Crippen LogP contribution in [0.5, 0.6) is 0 Å². The quantitative estimate of drug-likeness (QED) is 0.343. The molecule has 0 spiro atoms. The van der Waals surface area contributed by atoms with E-state index in [-0.39, 0.29) is 5.91 Å². The minimum Gasteiger partial charge on any atom is -0.356 e. The summed E-state index contributed by atoms with van der Waals surface area (Å²) in [6.45, 7) is 3.11. The van der Waals surface area contributed by atoms with Crippen LogP contribution in [0.1, 0.15) is 96.0 Å². The van der Waals surface area contributed by atoms with Gasteiger partial charge in [0.1, 0.15) is 0 Å². The van der Waals surface area contributed by atoms with E-state index in [0.29, 0.717) is 6.42 Å². The molecule has 1 N–H and O–H groups in total. The Balaban J connectivity index is 1.80. The molecule has 0 unspecified atom stereocenters. The molecule has 0 aliphatic carbocycles. The average Bonchev–Trinajstić information content (AvgIpc) is 2.64. The fourth-order valence-electron chi connectivity index (χ4n) is 3.18. The summed E-state index contributed by atoms with van der Waals surface area (Å²) in [4.78, 5) is 11.8. The van der Waals surface area contributed by atoms with Crippen molar-refractivity contribution in [1.29, 1.82) is 0 Å². The molecule has 1 aromatic carbocycles. The number of hydrogen-bond donors (Lipinski definition) is 1. The molecule has 2 nitrogen and oxygen atoms in total. The maximum Gasteiger partial charge on any atom is 0.220 e. The fraction of sp³-hybridized carbons (Fsp3) is 0.696. The van der Waals surface area contributed by atoms with E-state index in [0.717, 1.165) is 19.4 Å². The van der Waals surface area contributed by atoms with Crippen molar-refractivity contribution in [2.24, 2.45) is 0 Å². The molecule has 0 radical (unpaired) electrons. The van der Waals surface area contributed by atoms with Crippen LogP contribution in [0.2, 0.25) is 0 Å². The number of hydrogen-bond acceptors (Lipinski definition) is 1. The highest BCUT2D eigenvalue weighted by Crippen LogP contribution is 2.11. The maximum atomic E-state index is 11.8. The number of unbranched alkanes of at least 4 members (excludes halogenated alkanes) is 11. The Morgan fingerprint density at radius 3 is 1.84 bits per heavy atom. The smallest absolute Gasteiger partial charge is 0.220 e. The Bertz CT molecular complexity index is 415. The third-order valence-electron chi connectivity index (χ3n) is 4.84. The number of carbonyl (C=O) groups excluding carboxylic acids is 1. The molecular formula is C23H39NO. The van der Waals surface area contributed by atoms with Crippen molar-refractivity contribution in [3.63, 3.8) is 0 Å². The molecule has 0 bridgehead atoms. The van der Waals surface area contributed by atoms with Crippen LogP contribution in [0, 0.1) is 0 Å². The van der Waals surface area contributed by atoms with E-state index < -0.39 is 0 Å². The lowest BCUT2D eigenvalue weighted by Crippen LogP contribution is -2.24. The van der Waals surface area contributed by atoms with Crippen molar-refractivity contribution in [2.45, 2.75) is 96.8 Å². The van der Waals surface area contributed by atoms with Crippen LogP contribution in [0.3, 0.4) is 0 Å². The van der Waals surface area contributed by atoms with Crippen LogP contribution in [-0.4, -0.2) is 12.5 Å². The molecule has 1 rings (SSSR count). The number of benzene rings is 1. The largest absolute Gasteiger partial charge is 0.356 e. The van der Waals surface area contributed by atoms with Gasteiger partial charge in [-0.2, -0.15) is 0 Å². The first-order valence-electron chi connectivity index (χ1n) is 10.6. The number of nitrogens with one attached hydrogen (secondary N) is 1. The topological polar surface area (TPSA) is 29.1 Å². The van der Waals surface area contributed by atoms with E-state index in [9.17, 15) is 4.79 Å². The van der Waals surface area contributed by atoms with Gasteiger partial charge in [0.05, 0.1) is 0 Å². The molecule has 1 aromatic rings. The summed E-state index contributed by atoms with van der Waals surface area (Å²) in [6, 6.07) is 10.2. The predicted octanol–water partition coefficient (Wildman–Crippen LogP) is 6.44. The summed E-state index contributed by atoms with van der Waals surface area (Å²) in [6.07, 6.45) is 17.7. The predicted molar refractivity (Wildman–Crippen MR) is 109 cm³/mol. The molecule has 0 heterocycles. The van der Waals surface area contributed by atoms with Gasteiger partial charge in [-0.3, -0.25) is 4.79 Å². The number of amides is 1. The van der Waals surface area contributed by atoms with E-state index in [1.807, 2.05) is 18.2 Å². The van der Waals surface area contributed by atoms with E-state index in [2.05, 4.69) is 24.4 Å². The van der Waals surface area contributed by atoms with Gasteiger partial charge in [-0.15, -0.1) is 0 Å². The Morgan fingerprint density at radius 2 is 1.28 bits per heavy atom. The lowest BCUT2D eigenvalue weighted by molar-refractivity contribution is -0.121. The van der Waals surface area contributed by atoms with Crippen molar-refractivity contribution in [2.75, 3.05) is 6.54 Å². The first-order chi connectivity index (χ1) is 12.3. The fourth-order valence-corrected chi connectivity index (χ4v) is 3.18. The molecule has 0 fully saturated rings. The minimum absolute atomic E-state index is 0.187. The lowest BCUT2D eigenvalue weighted by atomic mass is 10.1. The monoisotopic (exact) mass is 345 g/mol. The van der Waals surface area contributed by atoms with Crippen LogP contribution < -0.4 is 5.32 Å². The second kappa shape index (κ2) is 16.2. The minimum atomic E-state index is 0.187. The second-order valence-electron chi connectivity index (χ2n) is 7.22. The Labute approximate surface area is 155 Å². The lowest BCUT2D eigenvalue weighted by Gasteiger charge is -2.06. The summed E-state index contributed by atoms with van der Waals surface area (Å²) in [5.41, 5.74) is 1.24.